The molecule has 0 bridgehead atoms. The zero-order valence-corrected chi connectivity index (χ0v) is 13.4. The van der Waals surface area contributed by atoms with Gasteiger partial charge in [0.25, 0.3) is 11.8 Å². The fourth-order valence-electron chi connectivity index (χ4n) is 2.00. The van der Waals surface area contributed by atoms with Crippen LogP contribution in [-0.2, 0) is 9.53 Å². The molecule has 1 unspecified atom stereocenters. The first-order chi connectivity index (χ1) is 10.2. The van der Waals surface area contributed by atoms with E-state index >= 15 is 0 Å². The van der Waals surface area contributed by atoms with Crippen LogP contribution in [0.15, 0.2) is 24.3 Å². The summed E-state index contributed by atoms with van der Waals surface area (Å²) in [6.07, 6.45) is 0.432. The van der Waals surface area contributed by atoms with Gasteiger partial charge in [0.05, 0.1) is 6.61 Å². The molecule has 0 saturated carbocycles. The summed E-state index contributed by atoms with van der Waals surface area (Å²) in [5, 5.41) is 8.70. The zero-order valence-electron chi connectivity index (χ0n) is 12.6. The van der Waals surface area contributed by atoms with Gasteiger partial charge in [0.1, 0.15) is 6.10 Å². The molecule has 0 spiro atoms. The molecule has 2 rings (SSSR count). The number of ether oxygens (including phenoxy) is 1. The lowest BCUT2D eigenvalue weighted by Gasteiger charge is -2.22. The number of rotatable bonds is 5. The summed E-state index contributed by atoms with van der Waals surface area (Å²) in [5.74, 6) is -0.278. The highest BCUT2D eigenvalue weighted by Gasteiger charge is 2.21. The van der Waals surface area contributed by atoms with Crippen LogP contribution in [0.1, 0.15) is 23.7 Å². The van der Waals surface area contributed by atoms with Gasteiger partial charge < -0.3 is 20.7 Å². The third-order valence-electron chi connectivity index (χ3n) is 3.17. The van der Waals surface area contributed by atoms with Crippen LogP contribution in [0.2, 0.25) is 0 Å². The van der Waals surface area contributed by atoms with Crippen LogP contribution < -0.4 is 16.0 Å². The van der Waals surface area contributed by atoms with Crippen LogP contribution in [0, 0.1) is 0 Å². The number of benzene rings is 1. The molecule has 0 aromatic heterocycles. The summed E-state index contributed by atoms with van der Waals surface area (Å²) < 4.78 is 5.38. The number of morpholine rings is 1. The van der Waals surface area contributed by atoms with Crippen molar-refractivity contribution in [3.63, 3.8) is 0 Å². The summed E-state index contributed by atoms with van der Waals surface area (Å²) in [6, 6.07) is 6.82. The summed E-state index contributed by atoms with van der Waals surface area (Å²) >= 11 is 0. The smallest absolute Gasteiger partial charge is 0.254 e. The van der Waals surface area contributed by atoms with E-state index in [1.165, 1.54) is 0 Å². The lowest BCUT2D eigenvalue weighted by atomic mass is 10.2. The Morgan fingerprint density at radius 2 is 2.05 bits per heavy atom. The summed E-state index contributed by atoms with van der Waals surface area (Å²) in [7, 11) is 0. The largest absolute Gasteiger partial charge is 0.366 e. The van der Waals surface area contributed by atoms with Crippen LogP contribution in [0.5, 0.6) is 0 Å². The predicted molar refractivity (Wildman–Crippen MR) is 87.6 cm³/mol. The maximum Gasteiger partial charge on any atom is 0.254 e. The molecule has 122 valence electrons. The highest BCUT2D eigenvalue weighted by molar-refractivity contribution is 5.97. The Kier molecular flexibility index (Phi) is 7.87. The SMILES string of the molecule is CCCNC(=O)c1ccc(NC(=O)C2CNCCO2)cc1.Cl. The average molecular weight is 328 g/mol. The number of nitrogens with one attached hydrogen (secondary N) is 3. The van der Waals surface area contributed by atoms with Gasteiger partial charge in [-0.3, -0.25) is 9.59 Å². The van der Waals surface area contributed by atoms with E-state index in [9.17, 15) is 9.59 Å². The van der Waals surface area contributed by atoms with Gasteiger partial charge in [0.2, 0.25) is 0 Å². The maximum absolute atomic E-state index is 12.0. The maximum atomic E-state index is 12.0. The van der Waals surface area contributed by atoms with Crippen molar-refractivity contribution in [1.29, 1.82) is 0 Å². The van der Waals surface area contributed by atoms with E-state index < -0.39 is 6.10 Å². The van der Waals surface area contributed by atoms with Gasteiger partial charge in [-0.25, -0.2) is 0 Å². The Morgan fingerprint density at radius 1 is 1.32 bits per heavy atom. The molecule has 1 aromatic rings. The van der Waals surface area contributed by atoms with Crippen LogP contribution in [0.3, 0.4) is 0 Å². The lowest BCUT2D eigenvalue weighted by Crippen LogP contribution is -2.45. The quantitative estimate of drug-likeness (QED) is 0.758. The Morgan fingerprint density at radius 3 is 2.64 bits per heavy atom. The van der Waals surface area contributed by atoms with Gasteiger partial charge >= 0.3 is 0 Å². The third-order valence-corrected chi connectivity index (χ3v) is 3.17. The molecule has 1 aromatic carbocycles. The molecule has 1 atom stereocenters. The molecule has 1 saturated heterocycles. The van der Waals surface area contributed by atoms with Crippen molar-refractivity contribution in [1.82, 2.24) is 10.6 Å². The molecule has 6 nitrogen and oxygen atoms in total. The minimum atomic E-state index is -0.466. The summed E-state index contributed by atoms with van der Waals surface area (Å²) in [4.78, 5) is 23.7. The fraction of sp³-hybridized carbons (Fsp3) is 0.467. The van der Waals surface area contributed by atoms with E-state index in [2.05, 4.69) is 16.0 Å². The number of halogens is 1. The second kappa shape index (κ2) is 9.40. The normalized spacial score (nSPS) is 17.2. The molecule has 1 heterocycles. The van der Waals surface area contributed by atoms with Crippen molar-refractivity contribution in [2.45, 2.75) is 19.4 Å². The molecule has 1 fully saturated rings. The Balaban J connectivity index is 0.00000242. The number of hydrogen-bond donors (Lipinski definition) is 3. The van der Waals surface area contributed by atoms with Crippen molar-refractivity contribution in [2.24, 2.45) is 0 Å². The van der Waals surface area contributed by atoms with E-state index in [0.29, 0.717) is 30.9 Å². The van der Waals surface area contributed by atoms with E-state index in [1.54, 1.807) is 24.3 Å². The molecule has 0 radical (unpaired) electrons. The van der Waals surface area contributed by atoms with Crippen LogP contribution in [0.4, 0.5) is 5.69 Å². The second-order valence-corrected chi connectivity index (χ2v) is 4.89. The number of hydrogen-bond acceptors (Lipinski definition) is 4. The van der Waals surface area contributed by atoms with Crippen molar-refractivity contribution in [2.75, 3.05) is 31.6 Å². The molecule has 0 aliphatic carbocycles. The van der Waals surface area contributed by atoms with E-state index in [4.69, 9.17) is 4.74 Å². The van der Waals surface area contributed by atoms with E-state index in [0.717, 1.165) is 13.0 Å². The topological polar surface area (TPSA) is 79.5 Å². The van der Waals surface area contributed by atoms with Crippen molar-refractivity contribution in [3.8, 4) is 0 Å². The van der Waals surface area contributed by atoms with Crippen molar-refractivity contribution < 1.29 is 14.3 Å². The van der Waals surface area contributed by atoms with E-state index in [-0.39, 0.29) is 24.2 Å². The van der Waals surface area contributed by atoms with Gasteiger partial charge in [-0.15, -0.1) is 12.4 Å². The summed E-state index contributed by atoms with van der Waals surface area (Å²) in [5.41, 5.74) is 1.23. The standard InChI is InChI=1S/C15H21N3O3.ClH/c1-2-7-17-14(19)11-3-5-12(6-4-11)18-15(20)13-10-16-8-9-21-13;/h3-6,13,16H,2,7-10H2,1H3,(H,17,19)(H,18,20);1H. The molecule has 1 aliphatic heterocycles. The van der Waals surface area contributed by atoms with Crippen molar-refractivity contribution in [3.05, 3.63) is 29.8 Å². The van der Waals surface area contributed by atoms with Crippen LogP contribution in [-0.4, -0.2) is 44.2 Å². The molecular formula is C15H22ClN3O3. The van der Waals surface area contributed by atoms with Gasteiger partial charge in [-0.05, 0) is 30.7 Å². The summed E-state index contributed by atoms with van der Waals surface area (Å²) in [6.45, 7) is 4.48. The molecule has 22 heavy (non-hydrogen) atoms. The number of carbonyl (C=O) groups excluding carboxylic acids is 2. The molecule has 2 amide bonds. The second-order valence-electron chi connectivity index (χ2n) is 4.89. The van der Waals surface area contributed by atoms with Gasteiger partial charge in [0, 0.05) is 30.9 Å². The first-order valence-corrected chi connectivity index (χ1v) is 7.22. The monoisotopic (exact) mass is 327 g/mol. The van der Waals surface area contributed by atoms with Crippen molar-refractivity contribution >= 4 is 29.9 Å². The zero-order chi connectivity index (χ0) is 15.1. The molecular weight excluding hydrogens is 306 g/mol. The minimum absolute atomic E-state index is 0. The third kappa shape index (κ3) is 5.29. The van der Waals surface area contributed by atoms with Gasteiger partial charge in [-0.1, -0.05) is 6.92 Å². The van der Waals surface area contributed by atoms with Crippen LogP contribution >= 0.6 is 12.4 Å². The first-order valence-electron chi connectivity index (χ1n) is 7.22. The number of anilines is 1. The fourth-order valence-corrected chi connectivity index (χ4v) is 2.00. The molecule has 3 N–H and O–H groups in total. The molecule has 1 aliphatic rings. The van der Waals surface area contributed by atoms with Crippen LogP contribution in [0.25, 0.3) is 0 Å². The predicted octanol–water partition coefficient (Wildman–Crippen LogP) is 1.18. The van der Waals surface area contributed by atoms with Gasteiger partial charge in [0.15, 0.2) is 0 Å². The Hall–Kier alpha value is -1.63. The Labute approximate surface area is 136 Å². The lowest BCUT2D eigenvalue weighted by molar-refractivity contribution is -0.128. The van der Waals surface area contributed by atoms with Gasteiger partial charge in [-0.2, -0.15) is 0 Å². The highest BCUT2D eigenvalue weighted by Crippen LogP contribution is 2.11. The number of carbonyl (C=O) groups is 2. The first kappa shape index (κ1) is 18.4. The number of amides is 2. The average Bonchev–Trinajstić information content (AvgIpc) is 2.54. The minimum Gasteiger partial charge on any atom is -0.366 e. The van der Waals surface area contributed by atoms with E-state index in [1.807, 2.05) is 6.92 Å². The highest BCUT2D eigenvalue weighted by atomic mass is 35.5. The molecule has 7 heteroatoms. The Bertz CT molecular complexity index is 487.